The van der Waals surface area contributed by atoms with Crippen LogP contribution < -0.4 is 20.1 Å². The average molecular weight is 400 g/mol. The van der Waals surface area contributed by atoms with E-state index in [2.05, 4.69) is 10.6 Å². The Hall–Kier alpha value is -2.77. The van der Waals surface area contributed by atoms with Crippen LogP contribution in [0.2, 0.25) is 0 Å². The molecule has 0 saturated carbocycles. The van der Waals surface area contributed by atoms with E-state index in [-0.39, 0.29) is 18.6 Å². The van der Waals surface area contributed by atoms with Crippen LogP contribution in [0.5, 0.6) is 11.5 Å². The first kappa shape index (κ1) is 21.0. The molecule has 1 aliphatic rings. The van der Waals surface area contributed by atoms with Gasteiger partial charge in [0, 0.05) is 31.2 Å². The maximum Gasteiger partial charge on any atom is 0.243 e. The highest BCUT2D eigenvalue weighted by Crippen LogP contribution is 2.20. The number of methoxy groups -OCH3 is 1. The molecular formula is C22H28N2O5. The molecule has 0 bridgehead atoms. The fourth-order valence-corrected chi connectivity index (χ4v) is 2.93. The van der Waals surface area contributed by atoms with E-state index < -0.39 is 0 Å². The lowest BCUT2D eigenvalue weighted by Crippen LogP contribution is -2.21. The van der Waals surface area contributed by atoms with E-state index in [0.29, 0.717) is 25.5 Å². The van der Waals surface area contributed by atoms with Crippen molar-refractivity contribution < 1.29 is 23.7 Å². The SMILES string of the molecule is COCCOc1ccc(NCC(=O)Nc2cccc(OCC3CCCO3)c2)cc1. The van der Waals surface area contributed by atoms with Crippen molar-refractivity contribution in [3.8, 4) is 11.5 Å². The number of carbonyl (C=O) groups is 1. The lowest BCUT2D eigenvalue weighted by atomic mass is 10.2. The molecule has 0 aliphatic carbocycles. The largest absolute Gasteiger partial charge is 0.491 e. The number of hydrogen-bond acceptors (Lipinski definition) is 6. The summed E-state index contributed by atoms with van der Waals surface area (Å²) in [7, 11) is 1.64. The molecule has 1 atom stereocenters. The second kappa shape index (κ2) is 11.3. The summed E-state index contributed by atoms with van der Waals surface area (Å²) >= 11 is 0. The Bertz CT molecular complexity index is 760. The van der Waals surface area contributed by atoms with Crippen LogP contribution in [0.15, 0.2) is 48.5 Å². The summed E-state index contributed by atoms with van der Waals surface area (Å²) in [5, 5.41) is 5.97. The zero-order valence-electron chi connectivity index (χ0n) is 16.7. The highest BCUT2D eigenvalue weighted by Gasteiger charge is 2.16. The lowest BCUT2D eigenvalue weighted by molar-refractivity contribution is -0.114. The first-order chi connectivity index (χ1) is 14.2. The predicted molar refractivity (Wildman–Crippen MR) is 112 cm³/mol. The van der Waals surface area contributed by atoms with Crippen molar-refractivity contribution in [2.75, 3.05) is 50.7 Å². The number of nitrogens with one attached hydrogen (secondary N) is 2. The molecule has 1 aliphatic heterocycles. The average Bonchev–Trinajstić information content (AvgIpc) is 3.26. The monoisotopic (exact) mass is 400 g/mol. The summed E-state index contributed by atoms with van der Waals surface area (Å²) in [6.07, 6.45) is 2.28. The van der Waals surface area contributed by atoms with Gasteiger partial charge in [0.05, 0.1) is 19.3 Å². The molecule has 1 unspecified atom stereocenters. The van der Waals surface area contributed by atoms with Crippen LogP contribution in [0.25, 0.3) is 0 Å². The van der Waals surface area contributed by atoms with Gasteiger partial charge in [-0.15, -0.1) is 0 Å². The van der Waals surface area contributed by atoms with E-state index in [0.717, 1.165) is 36.6 Å². The van der Waals surface area contributed by atoms with Crippen molar-refractivity contribution in [1.29, 1.82) is 0 Å². The third-order valence-corrected chi connectivity index (χ3v) is 4.44. The van der Waals surface area contributed by atoms with Gasteiger partial charge in [0.1, 0.15) is 24.7 Å². The molecule has 1 amide bonds. The van der Waals surface area contributed by atoms with Crippen LogP contribution in [-0.4, -0.2) is 52.1 Å². The number of hydrogen-bond donors (Lipinski definition) is 2. The molecular weight excluding hydrogens is 372 g/mol. The Morgan fingerprint density at radius 2 is 1.93 bits per heavy atom. The highest BCUT2D eigenvalue weighted by atomic mass is 16.5. The fourth-order valence-electron chi connectivity index (χ4n) is 2.93. The van der Waals surface area contributed by atoms with E-state index in [1.165, 1.54) is 0 Å². The van der Waals surface area contributed by atoms with Crippen molar-refractivity contribution in [3.05, 3.63) is 48.5 Å². The van der Waals surface area contributed by atoms with Crippen LogP contribution in [0.1, 0.15) is 12.8 Å². The van der Waals surface area contributed by atoms with Gasteiger partial charge in [-0.1, -0.05) is 6.07 Å². The molecule has 0 radical (unpaired) electrons. The Labute approximate surface area is 171 Å². The van der Waals surface area contributed by atoms with Crippen LogP contribution in [0, 0.1) is 0 Å². The number of anilines is 2. The first-order valence-electron chi connectivity index (χ1n) is 9.83. The fraction of sp³-hybridized carbons (Fsp3) is 0.409. The number of ether oxygens (including phenoxy) is 4. The van der Waals surface area contributed by atoms with Crippen molar-refractivity contribution >= 4 is 17.3 Å². The van der Waals surface area contributed by atoms with Gasteiger partial charge in [0.25, 0.3) is 0 Å². The topological polar surface area (TPSA) is 78.1 Å². The number of benzene rings is 2. The molecule has 29 heavy (non-hydrogen) atoms. The quantitative estimate of drug-likeness (QED) is 0.564. The van der Waals surface area contributed by atoms with Crippen molar-refractivity contribution in [1.82, 2.24) is 0 Å². The van der Waals surface area contributed by atoms with Gasteiger partial charge in [0.2, 0.25) is 5.91 Å². The van der Waals surface area contributed by atoms with Gasteiger partial charge in [-0.3, -0.25) is 4.79 Å². The molecule has 156 valence electrons. The maximum atomic E-state index is 12.2. The molecule has 0 spiro atoms. The smallest absolute Gasteiger partial charge is 0.243 e. The minimum absolute atomic E-state index is 0.137. The summed E-state index contributed by atoms with van der Waals surface area (Å²) in [5.74, 6) is 1.34. The minimum Gasteiger partial charge on any atom is -0.491 e. The van der Waals surface area contributed by atoms with E-state index in [1.54, 1.807) is 7.11 Å². The molecule has 7 heteroatoms. The zero-order chi connectivity index (χ0) is 20.3. The summed E-state index contributed by atoms with van der Waals surface area (Å²) < 4.78 is 21.8. The van der Waals surface area contributed by atoms with Gasteiger partial charge >= 0.3 is 0 Å². The van der Waals surface area contributed by atoms with Gasteiger partial charge in [0.15, 0.2) is 0 Å². The van der Waals surface area contributed by atoms with Crippen LogP contribution in [0.4, 0.5) is 11.4 Å². The highest BCUT2D eigenvalue weighted by molar-refractivity contribution is 5.93. The minimum atomic E-state index is -0.137. The van der Waals surface area contributed by atoms with Gasteiger partial charge in [-0.2, -0.15) is 0 Å². The van der Waals surface area contributed by atoms with E-state index in [9.17, 15) is 4.79 Å². The summed E-state index contributed by atoms with van der Waals surface area (Å²) in [5.41, 5.74) is 1.54. The molecule has 0 aromatic heterocycles. The van der Waals surface area contributed by atoms with Crippen LogP contribution in [-0.2, 0) is 14.3 Å². The molecule has 2 aromatic rings. The van der Waals surface area contributed by atoms with Gasteiger partial charge < -0.3 is 29.6 Å². The Morgan fingerprint density at radius 3 is 2.69 bits per heavy atom. The Balaban J connectivity index is 1.41. The lowest BCUT2D eigenvalue weighted by Gasteiger charge is -2.13. The normalized spacial score (nSPS) is 15.7. The molecule has 1 fully saturated rings. The van der Waals surface area contributed by atoms with E-state index in [1.807, 2.05) is 48.5 Å². The molecule has 2 aromatic carbocycles. The number of carbonyl (C=O) groups excluding carboxylic acids is 1. The van der Waals surface area contributed by atoms with Crippen LogP contribution >= 0.6 is 0 Å². The van der Waals surface area contributed by atoms with E-state index >= 15 is 0 Å². The van der Waals surface area contributed by atoms with Gasteiger partial charge in [-0.25, -0.2) is 0 Å². The van der Waals surface area contributed by atoms with Crippen LogP contribution in [0.3, 0.4) is 0 Å². The standard InChI is InChI=1S/C22H28N2O5/c1-26-12-13-28-19-9-7-17(8-10-19)23-15-22(25)24-18-4-2-5-20(14-18)29-16-21-6-3-11-27-21/h2,4-5,7-10,14,21,23H,3,6,11-13,15-16H2,1H3,(H,24,25). The molecule has 3 rings (SSSR count). The predicted octanol–water partition coefficient (Wildman–Crippen LogP) is 3.32. The molecule has 1 saturated heterocycles. The molecule has 7 nitrogen and oxygen atoms in total. The maximum absolute atomic E-state index is 12.2. The summed E-state index contributed by atoms with van der Waals surface area (Å²) in [4.78, 5) is 12.2. The number of amides is 1. The van der Waals surface area contributed by atoms with E-state index in [4.69, 9.17) is 18.9 Å². The molecule has 2 N–H and O–H groups in total. The molecule has 1 heterocycles. The third kappa shape index (κ3) is 7.29. The third-order valence-electron chi connectivity index (χ3n) is 4.44. The van der Waals surface area contributed by atoms with Crippen molar-refractivity contribution in [2.45, 2.75) is 18.9 Å². The summed E-state index contributed by atoms with van der Waals surface area (Å²) in [6.45, 7) is 2.54. The second-order valence-electron chi connectivity index (χ2n) is 6.74. The zero-order valence-corrected chi connectivity index (χ0v) is 16.7. The second-order valence-corrected chi connectivity index (χ2v) is 6.74. The Morgan fingerprint density at radius 1 is 1.07 bits per heavy atom. The van der Waals surface area contributed by atoms with Crippen molar-refractivity contribution in [3.63, 3.8) is 0 Å². The summed E-state index contributed by atoms with van der Waals surface area (Å²) in [6, 6.07) is 14.8. The first-order valence-corrected chi connectivity index (χ1v) is 9.83. The number of rotatable bonds is 11. The van der Waals surface area contributed by atoms with Crippen molar-refractivity contribution in [2.24, 2.45) is 0 Å². The van der Waals surface area contributed by atoms with Gasteiger partial charge in [-0.05, 0) is 49.2 Å². The Kier molecular flexibility index (Phi) is 8.15.